The minimum absolute atomic E-state index is 0.119. The van der Waals surface area contributed by atoms with Gasteiger partial charge < -0.3 is 45.1 Å². The highest BCUT2D eigenvalue weighted by Crippen LogP contribution is 2.26. The Morgan fingerprint density at radius 3 is 1.25 bits per heavy atom. The Labute approximate surface area is 539 Å². The summed E-state index contributed by atoms with van der Waals surface area (Å²) in [5, 5.41) is 57.3. The molecule has 0 aromatic carbocycles. The minimum Gasteiger partial charge on any atom is -0.454 e. The monoisotopic (exact) mass is 1230 g/mol. The molecule has 1 heterocycles. The maximum atomic E-state index is 13.5. The molecule has 8 atom stereocenters. The predicted molar refractivity (Wildman–Crippen MR) is 370 cm³/mol. The van der Waals surface area contributed by atoms with E-state index in [4.69, 9.17) is 14.2 Å². The topological polar surface area (TPSA) is 175 Å². The Kier molecular flexibility index (Phi) is 59.8. The van der Waals surface area contributed by atoms with Crippen LogP contribution in [0.25, 0.3) is 0 Å². The summed E-state index contributed by atoms with van der Waals surface area (Å²) in [6, 6.07) is -1.03. The molecule has 0 saturated carbocycles. The van der Waals surface area contributed by atoms with Gasteiger partial charge in [-0.2, -0.15) is 0 Å². The van der Waals surface area contributed by atoms with Gasteiger partial charge in [-0.3, -0.25) is 9.59 Å². The van der Waals surface area contributed by atoms with Gasteiger partial charge in [0.2, 0.25) is 5.91 Å². The van der Waals surface area contributed by atoms with Gasteiger partial charge in [-0.05, 0) is 103 Å². The van der Waals surface area contributed by atoms with Crippen molar-refractivity contribution in [1.29, 1.82) is 0 Å². The van der Waals surface area contributed by atoms with Crippen LogP contribution in [0.2, 0.25) is 0 Å². The zero-order chi connectivity index (χ0) is 63.9. The molecule has 0 aliphatic carbocycles. The molecule has 0 aromatic rings. The number of aliphatic hydroxyl groups excluding tert-OH is 5. The number of aliphatic hydroxyl groups is 5. The van der Waals surface area contributed by atoms with Gasteiger partial charge in [-0.25, -0.2) is 0 Å². The van der Waals surface area contributed by atoms with Gasteiger partial charge in [-0.1, -0.05) is 304 Å². The summed E-state index contributed by atoms with van der Waals surface area (Å²) >= 11 is 0. The van der Waals surface area contributed by atoms with Gasteiger partial charge in [-0.15, -0.1) is 0 Å². The maximum absolute atomic E-state index is 13.5. The van der Waals surface area contributed by atoms with Crippen molar-refractivity contribution < 1.29 is 49.3 Å². The molecule has 1 aliphatic heterocycles. The lowest BCUT2D eigenvalue weighted by Crippen LogP contribution is -2.61. The van der Waals surface area contributed by atoms with Crippen molar-refractivity contribution in [2.45, 2.75) is 365 Å². The van der Waals surface area contributed by atoms with Crippen LogP contribution in [0.3, 0.4) is 0 Å². The zero-order valence-electron chi connectivity index (χ0n) is 56.6. The van der Waals surface area contributed by atoms with Crippen LogP contribution in [0, 0.1) is 0 Å². The highest BCUT2D eigenvalue weighted by molar-refractivity contribution is 5.80. The SMILES string of the molecule is CC/C=C\C/C=C\C/C=C\C/C=C\C/C=C\CCCCCCCCCCC(O)C(=O)NC(COC1OC(CO)C(O)C(O)C1OC(=O)CCCCCCCCCCCCCCC/C=C\C/C=C\CCCCC)C(O)/C=C/CCCCCCCCCCCC. The molecular formula is C77H135NO10. The Bertz CT molecular complexity index is 1800. The second-order valence-electron chi connectivity index (χ2n) is 24.9. The van der Waals surface area contributed by atoms with Crippen molar-refractivity contribution in [2.75, 3.05) is 13.2 Å². The minimum atomic E-state index is -1.62. The van der Waals surface area contributed by atoms with E-state index >= 15 is 0 Å². The van der Waals surface area contributed by atoms with E-state index in [0.29, 0.717) is 12.8 Å². The van der Waals surface area contributed by atoms with Gasteiger partial charge in [0.05, 0.1) is 25.4 Å². The normalized spacial score (nSPS) is 18.8. The lowest BCUT2D eigenvalue weighted by Gasteiger charge is -2.41. The molecule has 1 rings (SSSR count). The summed E-state index contributed by atoms with van der Waals surface area (Å²) in [7, 11) is 0. The summed E-state index contributed by atoms with van der Waals surface area (Å²) in [6.45, 7) is 5.68. The molecule has 8 unspecified atom stereocenters. The quantitative estimate of drug-likeness (QED) is 0.0195. The predicted octanol–water partition coefficient (Wildman–Crippen LogP) is 19.0. The lowest BCUT2D eigenvalue weighted by molar-refractivity contribution is -0.305. The smallest absolute Gasteiger partial charge is 0.306 e. The van der Waals surface area contributed by atoms with Crippen molar-refractivity contribution in [3.63, 3.8) is 0 Å². The Morgan fingerprint density at radius 1 is 0.455 bits per heavy atom. The van der Waals surface area contributed by atoms with Gasteiger partial charge in [0.15, 0.2) is 12.4 Å². The first-order valence-corrected chi connectivity index (χ1v) is 36.5. The van der Waals surface area contributed by atoms with Gasteiger partial charge in [0, 0.05) is 6.42 Å². The second kappa shape index (κ2) is 63.7. The molecule has 508 valence electrons. The Morgan fingerprint density at radius 2 is 0.818 bits per heavy atom. The van der Waals surface area contributed by atoms with Crippen LogP contribution < -0.4 is 5.32 Å². The summed E-state index contributed by atoms with van der Waals surface area (Å²) in [4.78, 5) is 26.7. The number of amides is 1. The molecule has 0 aromatic heterocycles. The fourth-order valence-electron chi connectivity index (χ4n) is 11.0. The van der Waals surface area contributed by atoms with E-state index in [9.17, 15) is 35.1 Å². The van der Waals surface area contributed by atoms with Gasteiger partial charge in [0.1, 0.15) is 24.4 Å². The second-order valence-corrected chi connectivity index (χ2v) is 24.9. The van der Waals surface area contributed by atoms with E-state index in [0.717, 1.165) is 103 Å². The highest BCUT2D eigenvalue weighted by Gasteiger charge is 2.47. The highest BCUT2D eigenvalue weighted by atomic mass is 16.7. The molecule has 6 N–H and O–H groups in total. The molecule has 1 fully saturated rings. The molecule has 0 spiro atoms. The van der Waals surface area contributed by atoms with Crippen LogP contribution in [0.15, 0.2) is 97.2 Å². The third-order valence-electron chi connectivity index (χ3n) is 16.7. The number of hydrogen-bond donors (Lipinski definition) is 6. The third kappa shape index (κ3) is 50.3. The zero-order valence-corrected chi connectivity index (χ0v) is 56.6. The molecule has 1 aliphatic rings. The number of nitrogens with one attached hydrogen (secondary N) is 1. The summed E-state index contributed by atoms with van der Waals surface area (Å²) in [6.07, 6.45) is 75.8. The van der Waals surface area contributed by atoms with E-state index in [2.05, 4.69) is 111 Å². The van der Waals surface area contributed by atoms with Crippen LogP contribution in [-0.2, 0) is 23.8 Å². The standard InChI is InChI=1S/C77H135NO10/c1-4-7-10-13-16-19-22-25-27-29-31-33-35-37-38-40-42-44-46-49-52-55-58-61-64-70(81)76(85)78-68(69(80)63-60-57-54-51-48-24-21-18-15-12-9-6-3)67-86-77-75(74(84)73(83)71(66-79)87-77)88-72(82)65-62-59-56-53-50-47-45-43-41-39-36-34-32-30-28-26-23-20-17-14-11-8-5-2/h7,10,16-17,19-20,25-28,31,33,37-38,60,63,68-71,73-75,77,79-81,83-84H,4-6,8-9,11-15,18,21-24,29-30,32,34-36,39-59,61-62,64-67H2,1-3H3,(H,78,85)/b10-7-,19-16-,20-17-,27-25-,28-26-,33-31-,38-37-,63-60+. The van der Waals surface area contributed by atoms with E-state index in [1.165, 1.54) is 167 Å². The maximum Gasteiger partial charge on any atom is 0.306 e. The summed E-state index contributed by atoms with van der Waals surface area (Å²) in [5.74, 6) is -1.20. The number of unbranched alkanes of at least 4 members (excludes halogenated alkanes) is 34. The summed E-state index contributed by atoms with van der Waals surface area (Å²) in [5.41, 5.74) is 0. The third-order valence-corrected chi connectivity index (χ3v) is 16.7. The van der Waals surface area contributed by atoms with Crippen LogP contribution in [0.5, 0.6) is 0 Å². The molecule has 1 amide bonds. The molecular weight excluding hydrogens is 1100 g/mol. The van der Waals surface area contributed by atoms with Gasteiger partial charge in [0.25, 0.3) is 0 Å². The number of ether oxygens (including phenoxy) is 3. The molecule has 1 saturated heterocycles. The first kappa shape index (κ1) is 82.6. The fraction of sp³-hybridized carbons (Fsp3) is 0.766. The van der Waals surface area contributed by atoms with E-state index in [1.807, 2.05) is 6.08 Å². The molecule has 11 nitrogen and oxygen atoms in total. The van der Waals surface area contributed by atoms with Crippen molar-refractivity contribution in [2.24, 2.45) is 0 Å². The van der Waals surface area contributed by atoms with Crippen LogP contribution >= 0.6 is 0 Å². The number of allylic oxidation sites excluding steroid dienone is 15. The molecule has 11 heteroatoms. The van der Waals surface area contributed by atoms with Crippen LogP contribution in [-0.4, -0.2) is 99.6 Å². The van der Waals surface area contributed by atoms with Crippen molar-refractivity contribution in [3.8, 4) is 0 Å². The molecule has 0 bridgehead atoms. The lowest BCUT2D eigenvalue weighted by atomic mass is 9.99. The van der Waals surface area contributed by atoms with Crippen LogP contribution in [0.1, 0.15) is 316 Å². The first-order chi connectivity index (χ1) is 43.2. The Balaban J connectivity index is 2.57. The molecule has 88 heavy (non-hydrogen) atoms. The first-order valence-electron chi connectivity index (χ1n) is 36.5. The van der Waals surface area contributed by atoms with E-state index in [-0.39, 0.29) is 19.4 Å². The summed E-state index contributed by atoms with van der Waals surface area (Å²) < 4.78 is 17.7. The van der Waals surface area contributed by atoms with Crippen molar-refractivity contribution in [1.82, 2.24) is 5.32 Å². The molecule has 0 radical (unpaired) electrons. The largest absolute Gasteiger partial charge is 0.454 e. The average molecular weight is 1230 g/mol. The number of esters is 1. The number of rotatable bonds is 62. The van der Waals surface area contributed by atoms with Crippen molar-refractivity contribution >= 4 is 11.9 Å². The Hall–Kier alpha value is -3.42. The van der Waals surface area contributed by atoms with E-state index in [1.54, 1.807) is 6.08 Å². The van der Waals surface area contributed by atoms with Gasteiger partial charge >= 0.3 is 5.97 Å². The number of carbonyl (C=O) groups excluding carboxylic acids is 2. The average Bonchev–Trinajstić information content (AvgIpc) is 3.72. The van der Waals surface area contributed by atoms with Crippen LogP contribution in [0.4, 0.5) is 0 Å². The number of carbonyl (C=O) groups is 2. The fourth-order valence-corrected chi connectivity index (χ4v) is 11.0. The van der Waals surface area contributed by atoms with E-state index < -0.39 is 67.4 Å². The number of hydrogen-bond acceptors (Lipinski definition) is 10. The van der Waals surface area contributed by atoms with Crippen molar-refractivity contribution in [3.05, 3.63) is 97.2 Å².